The van der Waals surface area contributed by atoms with Crippen molar-refractivity contribution in [3.63, 3.8) is 0 Å². The van der Waals surface area contributed by atoms with Crippen molar-refractivity contribution in [1.82, 2.24) is 9.19 Å². The summed E-state index contributed by atoms with van der Waals surface area (Å²) in [6.45, 7) is 1.93. The van der Waals surface area contributed by atoms with Crippen molar-refractivity contribution in [2.24, 2.45) is 0 Å². The fourth-order valence-corrected chi connectivity index (χ4v) is 6.83. The topological polar surface area (TPSA) is 82.5 Å². The van der Waals surface area contributed by atoms with Gasteiger partial charge in [-0.2, -0.15) is 12.5 Å². The molecule has 0 saturated heterocycles. The lowest BCUT2D eigenvalue weighted by Crippen LogP contribution is -2.32. The number of methoxy groups -OCH3 is 2. The van der Waals surface area contributed by atoms with Crippen LogP contribution in [0.5, 0.6) is 11.5 Å². The molecule has 1 heterocycles. The molecule has 1 aliphatic rings. The first-order valence-electron chi connectivity index (χ1n) is 13.6. The van der Waals surface area contributed by atoms with Gasteiger partial charge in [-0.25, -0.2) is 0 Å². The van der Waals surface area contributed by atoms with Gasteiger partial charge in [-0.15, -0.1) is 5.10 Å². The first-order chi connectivity index (χ1) is 20.4. The molecule has 7 nitrogen and oxygen atoms in total. The van der Waals surface area contributed by atoms with Gasteiger partial charge in [0.25, 0.3) is 10.0 Å². The van der Waals surface area contributed by atoms with Crippen molar-refractivity contribution in [3.05, 3.63) is 137 Å². The maximum atomic E-state index is 14.2. The number of aromatic nitrogens is 2. The zero-order chi connectivity index (χ0) is 29.3. The van der Waals surface area contributed by atoms with Gasteiger partial charge in [-0.05, 0) is 54.4 Å². The number of fused-ring (bicyclic) bond motifs is 1. The van der Waals surface area contributed by atoms with Crippen molar-refractivity contribution in [3.8, 4) is 11.5 Å². The van der Waals surface area contributed by atoms with E-state index >= 15 is 0 Å². The van der Waals surface area contributed by atoms with Crippen LogP contribution in [0, 0.1) is 6.92 Å². The van der Waals surface area contributed by atoms with Crippen LogP contribution in [-0.4, -0.2) is 31.8 Å². The van der Waals surface area contributed by atoms with Gasteiger partial charge in [0.05, 0.1) is 24.8 Å². The largest absolute Gasteiger partial charge is 0.493 e. The van der Waals surface area contributed by atoms with Crippen LogP contribution in [-0.2, 0) is 21.9 Å². The maximum Gasteiger partial charge on any atom is 0.283 e. The third-order valence-corrected chi connectivity index (χ3v) is 9.36. The van der Waals surface area contributed by atoms with Crippen molar-refractivity contribution in [2.45, 2.75) is 23.7 Å². The monoisotopic (exact) mass is 577 g/mol. The Morgan fingerprint density at radius 3 is 2.14 bits per heavy atom. The lowest BCUT2D eigenvalue weighted by atomic mass is 9.68. The summed E-state index contributed by atoms with van der Waals surface area (Å²) in [5.41, 5.74) is 4.33. The molecule has 0 bridgehead atoms. The fraction of sp³-hybridized carbons (Fsp3) is 0.147. The smallest absolute Gasteiger partial charge is 0.283 e. The molecule has 0 amide bonds. The van der Waals surface area contributed by atoms with E-state index < -0.39 is 15.4 Å². The summed E-state index contributed by atoms with van der Waals surface area (Å²) in [6, 6.07) is 32.4. The Kier molecular flexibility index (Phi) is 7.08. The van der Waals surface area contributed by atoms with E-state index in [1.165, 1.54) is 4.09 Å². The quantitative estimate of drug-likeness (QED) is 0.220. The number of aryl methyl sites for hydroxylation is 1. The Morgan fingerprint density at radius 2 is 1.48 bits per heavy atom. The van der Waals surface area contributed by atoms with Gasteiger partial charge in [0, 0.05) is 23.1 Å². The Morgan fingerprint density at radius 1 is 0.810 bits per heavy atom. The van der Waals surface area contributed by atoms with Crippen molar-refractivity contribution >= 4 is 27.6 Å². The number of anilines is 2. The fourth-order valence-electron chi connectivity index (χ4n) is 5.50. The third kappa shape index (κ3) is 4.73. The molecule has 0 aliphatic heterocycles. The second kappa shape index (κ2) is 10.9. The molecule has 0 spiro atoms. The summed E-state index contributed by atoms with van der Waals surface area (Å²) in [7, 11) is -0.808. The van der Waals surface area contributed by atoms with Crippen LogP contribution in [0.4, 0.5) is 11.5 Å². The zero-order valence-corrected chi connectivity index (χ0v) is 24.4. The minimum absolute atomic E-state index is 0.177. The number of hydrogen-bond donors (Lipinski definition) is 1. The Labute approximate surface area is 246 Å². The SMILES string of the molecule is COc1ccc(C2(c3ccccc3)C=Cc3c(Nc4ccccc4)nn(S(=O)(=O)c4ccc(C)cc4)c3C2)cc1OC. The van der Waals surface area contributed by atoms with Crippen LogP contribution in [0.2, 0.25) is 0 Å². The average Bonchev–Trinajstić information content (AvgIpc) is 3.39. The summed E-state index contributed by atoms with van der Waals surface area (Å²) in [4.78, 5) is 0.177. The third-order valence-electron chi connectivity index (χ3n) is 7.74. The lowest BCUT2D eigenvalue weighted by Gasteiger charge is -2.35. The van der Waals surface area contributed by atoms with E-state index in [0.717, 1.165) is 27.9 Å². The van der Waals surface area contributed by atoms with Crippen LogP contribution >= 0.6 is 0 Å². The highest BCUT2D eigenvalue weighted by Crippen LogP contribution is 2.46. The highest BCUT2D eigenvalue weighted by Gasteiger charge is 2.40. The van der Waals surface area contributed by atoms with E-state index in [-0.39, 0.29) is 4.90 Å². The molecular weight excluding hydrogens is 546 g/mol. The first kappa shape index (κ1) is 27.4. The van der Waals surface area contributed by atoms with E-state index in [2.05, 4.69) is 23.5 Å². The molecular formula is C34H31N3O4S. The van der Waals surface area contributed by atoms with E-state index in [0.29, 0.717) is 29.4 Å². The molecule has 6 rings (SSSR count). The number of benzene rings is 4. The van der Waals surface area contributed by atoms with Crippen LogP contribution in [0.25, 0.3) is 6.08 Å². The molecule has 1 aromatic heterocycles. The van der Waals surface area contributed by atoms with Crippen molar-refractivity contribution in [2.75, 3.05) is 19.5 Å². The average molecular weight is 578 g/mol. The normalized spacial score (nSPS) is 16.1. The van der Waals surface area contributed by atoms with Crippen LogP contribution in [0.1, 0.15) is 27.9 Å². The summed E-state index contributed by atoms with van der Waals surface area (Å²) < 4.78 is 40.7. The van der Waals surface area contributed by atoms with Gasteiger partial charge < -0.3 is 14.8 Å². The number of hydrogen-bond acceptors (Lipinski definition) is 6. The second-order valence-corrected chi connectivity index (χ2v) is 12.0. The summed E-state index contributed by atoms with van der Waals surface area (Å²) in [6.07, 6.45) is 4.45. The van der Waals surface area contributed by atoms with Crippen LogP contribution in [0.3, 0.4) is 0 Å². The van der Waals surface area contributed by atoms with Crippen molar-refractivity contribution in [1.29, 1.82) is 0 Å². The molecule has 0 radical (unpaired) electrons. The number of nitrogens with zero attached hydrogens (tertiary/aromatic N) is 2. The molecule has 1 unspecified atom stereocenters. The first-order valence-corrected chi connectivity index (χ1v) is 15.0. The van der Waals surface area contributed by atoms with E-state index in [9.17, 15) is 8.42 Å². The number of nitrogens with one attached hydrogen (secondary N) is 1. The Bertz CT molecular complexity index is 1870. The molecule has 1 aliphatic carbocycles. The molecule has 0 saturated carbocycles. The molecule has 42 heavy (non-hydrogen) atoms. The molecule has 4 aromatic carbocycles. The Balaban J connectivity index is 1.57. The minimum atomic E-state index is -4.02. The maximum absolute atomic E-state index is 14.2. The lowest BCUT2D eigenvalue weighted by molar-refractivity contribution is 0.354. The second-order valence-electron chi connectivity index (χ2n) is 10.3. The number of ether oxygens (including phenoxy) is 2. The zero-order valence-electron chi connectivity index (χ0n) is 23.6. The molecule has 5 aromatic rings. The highest BCUT2D eigenvalue weighted by molar-refractivity contribution is 7.89. The molecule has 0 fully saturated rings. The van der Waals surface area contributed by atoms with Gasteiger partial charge in [-0.3, -0.25) is 0 Å². The van der Waals surface area contributed by atoms with E-state index in [4.69, 9.17) is 14.6 Å². The summed E-state index contributed by atoms with van der Waals surface area (Å²) >= 11 is 0. The van der Waals surface area contributed by atoms with Gasteiger partial charge in [-0.1, -0.05) is 84.4 Å². The molecule has 1 atom stereocenters. The highest BCUT2D eigenvalue weighted by atomic mass is 32.2. The van der Waals surface area contributed by atoms with Crippen LogP contribution < -0.4 is 14.8 Å². The Hall–Kier alpha value is -4.82. The molecule has 1 N–H and O–H groups in total. The predicted octanol–water partition coefficient (Wildman–Crippen LogP) is 6.74. The standard InChI is InChI=1S/C34H31N3O4S/c1-24-14-17-28(18-15-24)42(38,39)37-30-23-34(25-10-6-4-7-11-25,26-16-19-31(40-2)32(22-26)41-3)21-20-29(30)33(36-37)35-27-12-8-5-9-13-27/h4-22H,23H2,1-3H3,(H,35,36). The van der Waals surface area contributed by atoms with E-state index in [1.807, 2.05) is 79.7 Å². The number of rotatable bonds is 8. The van der Waals surface area contributed by atoms with Crippen LogP contribution in [0.15, 0.2) is 114 Å². The van der Waals surface area contributed by atoms with Gasteiger partial charge in [0.1, 0.15) is 0 Å². The van der Waals surface area contributed by atoms with E-state index in [1.54, 1.807) is 38.5 Å². The summed E-state index contributed by atoms with van der Waals surface area (Å²) in [5, 5.41) is 8.03. The molecule has 8 heteroatoms. The minimum Gasteiger partial charge on any atom is -0.493 e. The van der Waals surface area contributed by atoms with Gasteiger partial charge >= 0.3 is 0 Å². The van der Waals surface area contributed by atoms with Gasteiger partial charge in [0.2, 0.25) is 0 Å². The molecule has 212 valence electrons. The van der Waals surface area contributed by atoms with Gasteiger partial charge in [0.15, 0.2) is 17.3 Å². The summed E-state index contributed by atoms with van der Waals surface area (Å²) in [5.74, 6) is 1.68. The number of para-hydroxylation sites is 1. The predicted molar refractivity (Wildman–Crippen MR) is 165 cm³/mol. The van der Waals surface area contributed by atoms with Crippen molar-refractivity contribution < 1.29 is 17.9 Å². The number of allylic oxidation sites excluding steroid dienone is 1.